The van der Waals surface area contributed by atoms with Crippen molar-refractivity contribution in [2.45, 2.75) is 25.9 Å². The molecule has 0 unspecified atom stereocenters. The number of anilines is 1. The highest BCUT2D eigenvalue weighted by atomic mass is 35.5. The van der Waals surface area contributed by atoms with Gasteiger partial charge in [-0.1, -0.05) is 89.9 Å². The molecule has 0 spiro atoms. The molecule has 0 radical (unpaired) electrons. The van der Waals surface area contributed by atoms with Crippen LogP contribution in [-0.4, -0.2) is 50.5 Å². The number of halogens is 2. The molecular weight excluding hydrogens is 533 g/mol. The molecule has 3 aromatic rings. The number of amides is 2. The molecule has 0 aromatic heterocycles. The van der Waals surface area contributed by atoms with Gasteiger partial charge >= 0.3 is 0 Å². The zero-order valence-electron chi connectivity index (χ0n) is 20.6. The van der Waals surface area contributed by atoms with Gasteiger partial charge in [-0.05, 0) is 30.2 Å². The number of rotatable bonds is 11. The lowest BCUT2D eigenvalue weighted by Crippen LogP contribution is -2.53. The average molecular weight is 563 g/mol. The van der Waals surface area contributed by atoms with E-state index in [-0.39, 0.29) is 34.6 Å². The fourth-order valence-electron chi connectivity index (χ4n) is 3.91. The second-order valence-electron chi connectivity index (χ2n) is 8.45. The molecule has 0 aliphatic rings. The number of hydrogen-bond donors (Lipinski definition) is 1. The Kier molecular flexibility index (Phi) is 9.97. The maximum atomic E-state index is 13.9. The summed E-state index contributed by atoms with van der Waals surface area (Å²) in [4.78, 5) is 28.6. The van der Waals surface area contributed by atoms with Crippen LogP contribution in [0.2, 0.25) is 10.0 Å². The van der Waals surface area contributed by atoms with E-state index in [0.717, 1.165) is 21.7 Å². The van der Waals surface area contributed by atoms with E-state index in [1.165, 1.54) is 17.0 Å². The zero-order chi connectivity index (χ0) is 27.0. The van der Waals surface area contributed by atoms with Gasteiger partial charge in [-0.3, -0.25) is 13.9 Å². The van der Waals surface area contributed by atoms with Crippen LogP contribution in [0.15, 0.2) is 78.9 Å². The van der Waals surface area contributed by atoms with Crippen molar-refractivity contribution in [2.24, 2.45) is 0 Å². The molecule has 1 atom stereocenters. The molecule has 0 aliphatic carbocycles. The van der Waals surface area contributed by atoms with Gasteiger partial charge in [0.15, 0.2) is 0 Å². The Morgan fingerprint density at radius 2 is 1.49 bits per heavy atom. The summed E-state index contributed by atoms with van der Waals surface area (Å²) in [6.45, 7) is 1.73. The second kappa shape index (κ2) is 12.9. The van der Waals surface area contributed by atoms with Crippen LogP contribution in [-0.2, 0) is 32.6 Å². The van der Waals surface area contributed by atoms with Crippen LogP contribution < -0.4 is 9.62 Å². The van der Waals surface area contributed by atoms with Gasteiger partial charge in [0.1, 0.15) is 12.6 Å². The van der Waals surface area contributed by atoms with E-state index in [1.54, 1.807) is 13.0 Å². The summed E-state index contributed by atoms with van der Waals surface area (Å²) in [5, 5.41) is 2.99. The Labute approximate surface area is 228 Å². The van der Waals surface area contributed by atoms with Crippen molar-refractivity contribution >= 4 is 50.7 Å². The first-order valence-electron chi connectivity index (χ1n) is 11.7. The lowest BCUT2D eigenvalue weighted by atomic mass is 10.0. The molecule has 196 valence electrons. The van der Waals surface area contributed by atoms with E-state index >= 15 is 0 Å². The lowest BCUT2D eigenvalue weighted by molar-refractivity contribution is -0.140. The van der Waals surface area contributed by atoms with Crippen LogP contribution in [0.3, 0.4) is 0 Å². The number of carbonyl (C=O) groups excluding carboxylic acids is 2. The van der Waals surface area contributed by atoms with Crippen molar-refractivity contribution in [1.29, 1.82) is 0 Å². The minimum Gasteiger partial charge on any atom is -0.355 e. The lowest BCUT2D eigenvalue weighted by Gasteiger charge is -2.33. The molecule has 1 N–H and O–H groups in total. The first kappa shape index (κ1) is 28.5. The van der Waals surface area contributed by atoms with Crippen molar-refractivity contribution in [3.8, 4) is 0 Å². The van der Waals surface area contributed by atoms with Gasteiger partial charge in [-0.25, -0.2) is 8.42 Å². The summed E-state index contributed by atoms with van der Waals surface area (Å²) in [5.74, 6) is -0.889. The van der Waals surface area contributed by atoms with E-state index in [2.05, 4.69) is 5.32 Å². The topological polar surface area (TPSA) is 86.8 Å². The largest absolute Gasteiger partial charge is 0.355 e. The van der Waals surface area contributed by atoms with Crippen molar-refractivity contribution in [3.05, 3.63) is 100 Å². The fraction of sp³-hybridized carbons (Fsp3) is 0.259. The number of carbonyl (C=O) groups is 2. The molecule has 0 saturated carbocycles. The highest BCUT2D eigenvalue weighted by molar-refractivity contribution is 7.92. The van der Waals surface area contributed by atoms with Crippen LogP contribution in [0.1, 0.15) is 18.1 Å². The van der Waals surface area contributed by atoms with E-state index < -0.39 is 28.5 Å². The summed E-state index contributed by atoms with van der Waals surface area (Å²) in [5.41, 5.74) is 1.75. The van der Waals surface area contributed by atoms with Crippen LogP contribution >= 0.6 is 23.2 Å². The van der Waals surface area contributed by atoms with E-state index in [9.17, 15) is 18.0 Å². The van der Waals surface area contributed by atoms with Gasteiger partial charge < -0.3 is 10.2 Å². The number of sulfonamides is 1. The maximum absolute atomic E-state index is 13.9. The highest BCUT2D eigenvalue weighted by Gasteiger charge is 2.33. The van der Waals surface area contributed by atoms with Crippen LogP contribution in [0, 0.1) is 0 Å². The summed E-state index contributed by atoms with van der Waals surface area (Å²) in [6.07, 6.45) is 1.24. The Bertz CT molecular complexity index is 1320. The predicted molar refractivity (Wildman–Crippen MR) is 148 cm³/mol. The minimum absolute atomic E-state index is 0.0153. The molecule has 10 heteroatoms. The van der Waals surface area contributed by atoms with Gasteiger partial charge in [0.05, 0.1) is 22.0 Å². The first-order valence-corrected chi connectivity index (χ1v) is 14.3. The van der Waals surface area contributed by atoms with E-state index in [1.807, 2.05) is 60.7 Å². The number of likely N-dealkylation sites (N-methyl/N-ethyl adjacent to an activating group) is 1. The summed E-state index contributed by atoms with van der Waals surface area (Å²) < 4.78 is 26.5. The zero-order valence-corrected chi connectivity index (χ0v) is 22.9. The van der Waals surface area contributed by atoms with Gasteiger partial charge in [0.2, 0.25) is 21.8 Å². The second-order valence-corrected chi connectivity index (χ2v) is 11.1. The van der Waals surface area contributed by atoms with Crippen molar-refractivity contribution in [3.63, 3.8) is 0 Å². The first-order chi connectivity index (χ1) is 17.6. The Morgan fingerprint density at radius 3 is 2.05 bits per heavy atom. The van der Waals surface area contributed by atoms with Gasteiger partial charge in [0.25, 0.3) is 0 Å². The third-order valence-electron chi connectivity index (χ3n) is 5.70. The Hall–Kier alpha value is -3.07. The average Bonchev–Trinajstić information content (AvgIpc) is 2.87. The summed E-state index contributed by atoms with van der Waals surface area (Å²) in [7, 11) is -3.93. The molecule has 0 fully saturated rings. The third-order valence-corrected chi connectivity index (χ3v) is 7.63. The monoisotopic (exact) mass is 561 g/mol. The summed E-state index contributed by atoms with van der Waals surface area (Å²) >= 11 is 12.5. The molecule has 3 rings (SSSR count). The molecule has 0 saturated heterocycles. The SMILES string of the molecule is CCNC(=O)[C@H](Cc1ccccc1)N(Cc1ccccc1)C(=O)CN(c1cccc(Cl)c1Cl)S(C)(=O)=O. The van der Waals surface area contributed by atoms with Crippen LogP contribution in [0.5, 0.6) is 0 Å². The molecule has 37 heavy (non-hydrogen) atoms. The summed E-state index contributed by atoms with van der Waals surface area (Å²) in [6, 6.07) is 22.3. The van der Waals surface area contributed by atoms with Crippen molar-refractivity contribution in [2.75, 3.05) is 23.7 Å². The Morgan fingerprint density at radius 1 is 0.892 bits per heavy atom. The molecule has 0 heterocycles. The van der Waals surface area contributed by atoms with Crippen molar-refractivity contribution in [1.82, 2.24) is 10.2 Å². The third kappa shape index (κ3) is 7.71. The quantitative estimate of drug-likeness (QED) is 0.372. The molecule has 2 amide bonds. The maximum Gasteiger partial charge on any atom is 0.244 e. The van der Waals surface area contributed by atoms with Crippen molar-refractivity contribution < 1.29 is 18.0 Å². The normalized spacial score (nSPS) is 12.0. The van der Waals surface area contributed by atoms with Gasteiger partial charge in [0, 0.05) is 19.5 Å². The number of nitrogens with zero attached hydrogens (tertiary/aromatic N) is 2. The molecule has 7 nitrogen and oxygen atoms in total. The predicted octanol–water partition coefficient (Wildman–Crippen LogP) is 4.54. The van der Waals surface area contributed by atoms with E-state index in [0.29, 0.717) is 6.54 Å². The molecule has 3 aromatic carbocycles. The molecule has 0 bridgehead atoms. The Balaban J connectivity index is 2.05. The number of hydrogen-bond acceptors (Lipinski definition) is 4. The molecular formula is C27H29Cl2N3O4S. The van der Waals surface area contributed by atoms with Crippen LogP contribution in [0.25, 0.3) is 0 Å². The fourth-order valence-corrected chi connectivity index (χ4v) is 5.21. The number of benzene rings is 3. The van der Waals surface area contributed by atoms with Gasteiger partial charge in [-0.2, -0.15) is 0 Å². The minimum atomic E-state index is -3.93. The highest BCUT2D eigenvalue weighted by Crippen LogP contribution is 2.33. The van der Waals surface area contributed by atoms with Gasteiger partial charge in [-0.15, -0.1) is 0 Å². The molecule has 0 aliphatic heterocycles. The smallest absolute Gasteiger partial charge is 0.244 e. The number of nitrogens with one attached hydrogen (secondary N) is 1. The van der Waals surface area contributed by atoms with E-state index in [4.69, 9.17) is 23.2 Å². The standard InChI is InChI=1S/C27H29Cl2N3O4S/c1-3-30-27(34)24(17-20-11-6-4-7-12-20)31(18-21-13-8-5-9-14-21)25(33)19-32(37(2,35)36)23-16-10-15-22(28)26(23)29/h4-16,24H,3,17-19H2,1-2H3,(H,30,34)/t24-/m0/s1. The van der Waals surface area contributed by atoms with Crippen LogP contribution in [0.4, 0.5) is 5.69 Å².